The van der Waals surface area contributed by atoms with Crippen LogP contribution in [0.25, 0.3) is 33.4 Å². The van der Waals surface area contributed by atoms with Crippen LogP contribution in [-0.4, -0.2) is 83.2 Å². The maximum atomic E-state index is 13.0. The summed E-state index contributed by atoms with van der Waals surface area (Å²) in [4.78, 5) is 77.0. The number of carbonyl (C=O) groups is 6. The number of aliphatic carboxylic acids is 3. The smallest absolute Gasteiger partial charge is 0.326 e. The highest BCUT2D eigenvalue weighted by Crippen LogP contribution is 2.43. The number of aliphatic hydroxyl groups excluding tert-OH is 1. The molecule has 3 aliphatic heterocycles. The van der Waals surface area contributed by atoms with Gasteiger partial charge >= 0.3 is 36.0 Å². The Balaban J connectivity index is 0.000000142. The fourth-order valence-electron chi connectivity index (χ4n) is 16.6. The Hall–Kier alpha value is -10.8. The first kappa shape index (κ1) is 74.5. The number of carboxylic acids is 3. The number of nitrogens with one attached hydrogen (secondary N) is 3. The first-order valence-corrected chi connectivity index (χ1v) is 38.0. The molecule has 3 saturated carbocycles. The summed E-state index contributed by atoms with van der Waals surface area (Å²) in [6.07, 6.45) is 15.6. The highest BCUT2D eigenvalue weighted by molar-refractivity contribution is 6.31. The Morgan fingerprint density at radius 1 is 0.393 bits per heavy atom. The summed E-state index contributed by atoms with van der Waals surface area (Å²) in [7, 11) is 1.59. The summed E-state index contributed by atoms with van der Waals surface area (Å²) < 4.78 is 5.35. The summed E-state index contributed by atoms with van der Waals surface area (Å²) in [5.74, 6) is 1.08. The van der Waals surface area contributed by atoms with E-state index in [0.717, 1.165) is 152 Å². The van der Waals surface area contributed by atoms with Gasteiger partial charge in [0.15, 0.2) is 0 Å². The van der Waals surface area contributed by atoms with Crippen LogP contribution < -0.4 is 35.4 Å². The number of para-hydroxylation sites is 2. The second-order valence-corrected chi connectivity index (χ2v) is 29.8. The van der Waals surface area contributed by atoms with Gasteiger partial charge in [-0.25, -0.2) is 14.4 Å². The van der Waals surface area contributed by atoms with E-state index < -0.39 is 17.9 Å². The summed E-state index contributed by atoms with van der Waals surface area (Å²) in [5.41, 5.74) is 20.2. The van der Waals surface area contributed by atoms with Gasteiger partial charge in [-0.15, -0.1) is 0 Å². The number of amides is 6. The van der Waals surface area contributed by atoms with Gasteiger partial charge in [-0.05, 0) is 283 Å². The molecule has 15 rings (SSSR count). The number of carboxylic acid groups (broad SMARTS) is 3. The number of anilines is 6. The number of hydrogen-bond acceptors (Lipinski definition) is 8. The molecule has 3 aliphatic carbocycles. The van der Waals surface area contributed by atoms with Crippen molar-refractivity contribution in [2.75, 3.05) is 57.4 Å². The van der Waals surface area contributed by atoms with E-state index in [1.165, 1.54) is 33.4 Å². The van der Waals surface area contributed by atoms with Crippen LogP contribution in [0.4, 0.5) is 48.5 Å². The molecule has 0 unspecified atom stereocenters. The Bertz CT molecular complexity index is 4640. The highest BCUT2D eigenvalue weighted by atomic mass is 35.5. The molecule has 0 bridgehead atoms. The number of fused-ring (bicyclic) bond motifs is 3. The molecule has 3 fully saturated rings. The number of aliphatic hydroxyl groups is 1. The average Bonchev–Trinajstić information content (AvgIpc) is 1.70. The van der Waals surface area contributed by atoms with Crippen LogP contribution in [0.5, 0.6) is 5.75 Å². The number of carbonyl (C=O) groups excluding carboxylic acids is 3. The van der Waals surface area contributed by atoms with Gasteiger partial charge in [0.2, 0.25) is 0 Å². The summed E-state index contributed by atoms with van der Waals surface area (Å²) in [6, 6.07) is 66.6. The number of benzene rings is 9. The molecule has 6 aliphatic rings. The SMILES string of the molecule is COc1ccccc1NC(=O)N1CCc2cc(-c3ccc(C4CCC(CC(=O)O)CC4)cc3)ccc21.O=C(O)CC1CCC(c2ccc(-c3ccc4c(c3)CCN4C(=O)Nc3ccc(CO)cc3)cc2)CC1.O=C(O)CC1CCC(c2ccc(-c3ccc4c(c3)CCN4C(=O)Nc3cccc(Cl)c3)cc2)CC1. The van der Waals surface area contributed by atoms with Crippen molar-refractivity contribution >= 4 is 81.7 Å². The molecule has 18 heteroatoms. The number of urea groups is 3. The lowest BCUT2D eigenvalue weighted by atomic mass is 9.77. The van der Waals surface area contributed by atoms with E-state index in [9.17, 15) is 33.9 Å². The summed E-state index contributed by atoms with van der Waals surface area (Å²) in [6.45, 7) is 1.91. The fraction of sp³-hybridized carbons (Fsp3) is 0.326. The molecule has 0 atom stereocenters. The molecule has 552 valence electrons. The van der Waals surface area contributed by atoms with Crippen LogP contribution in [0.2, 0.25) is 5.02 Å². The van der Waals surface area contributed by atoms with Gasteiger partial charge in [-0.3, -0.25) is 29.1 Å². The summed E-state index contributed by atoms with van der Waals surface area (Å²) in [5, 5.41) is 45.7. The minimum Gasteiger partial charge on any atom is -0.495 e. The molecule has 7 N–H and O–H groups in total. The average molecular weight is 1460 g/mol. The Kier molecular flexibility index (Phi) is 24.1. The summed E-state index contributed by atoms with van der Waals surface area (Å²) >= 11 is 6.04. The van der Waals surface area contributed by atoms with Gasteiger partial charge in [-0.2, -0.15) is 0 Å². The van der Waals surface area contributed by atoms with E-state index >= 15 is 0 Å². The standard InChI is InChI=1S/2C30H32N2O4.C29H29ClN2O3/c33-19-21-3-12-27(13-4-21)31-30(36)32-16-15-26-18-25(11-14-28(26)32)24-9-7-23(8-10-24)22-5-1-20(2-6-22)17-29(34)35;1-36-28-5-3-2-4-26(28)31-30(35)32-17-16-25-19-24(14-15-27(25)32)23-12-10-22(11-13-23)21-8-6-20(7-9-21)18-29(33)34;30-25-2-1-3-26(18-25)31-29(35)32-15-14-24-17-23(12-13-27(24)32)22-10-8-21(9-11-22)20-6-4-19(5-7-20)16-28(33)34/h3-4,7-14,18,20,22,33H,1-2,5-6,15-17,19H2,(H,31,36)(H,34,35);2-5,10-15,19-21H,6-9,16-18H2,1H3,(H,31,35)(H,33,34);1-3,8-13,17-20H,4-7,14-16H2,(H,31,35)(H,33,34). The number of hydrogen-bond donors (Lipinski definition) is 7. The van der Waals surface area contributed by atoms with Crippen molar-refractivity contribution in [3.63, 3.8) is 0 Å². The van der Waals surface area contributed by atoms with Gasteiger partial charge in [0.1, 0.15) is 5.75 Å². The van der Waals surface area contributed by atoms with Gasteiger partial charge in [-0.1, -0.05) is 133 Å². The van der Waals surface area contributed by atoms with Crippen LogP contribution in [0.15, 0.2) is 200 Å². The van der Waals surface area contributed by atoms with E-state index in [1.54, 1.807) is 58.2 Å². The van der Waals surface area contributed by atoms with E-state index in [0.29, 0.717) is 102 Å². The van der Waals surface area contributed by atoms with E-state index in [-0.39, 0.29) is 24.7 Å². The van der Waals surface area contributed by atoms with Crippen molar-refractivity contribution in [2.24, 2.45) is 17.8 Å². The zero-order valence-corrected chi connectivity index (χ0v) is 61.2. The Labute approximate surface area is 630 Å². The van der Waals surface area contributed by atoms with E-state index in [2.05, 4.69) is 125 Å². The Morgan fingerprint density at radius 2 is 0.748 bits per heavy atom. The third-order valence-electron chi connectivity index (χ3n) is 22.5. The number of ether oxygens (including phenoxy) is 1. The monoisotopic (exact) mass is 1460 g/mol. The minimum atomic E-state index is -0.686. The quantitative estimate of drug-likeness (QED) is 0.0452. The molecule has 17 nitrogen and oxygen atoms in total. The topological polar surface area (TPSA) is 238 Å². The molecule has 0 saturated heterocycles. The first-order chi connectivity index (χ1) is 52.0. The van der Waals surface area contributed by atoms with Crippen LogP contribution in [-0.2, 0) is 40.3 Å². The van der Waals surface area contributed by atoms with Crippen LogP contribution >= 0.6 is 11.6 Å². The van der Waals surface area contributed by atoms with Crippen LogP contribution in [0.3, 0.4) is 0 Å². The van der Waals surface area contributed by atoms with E-state index in [4.69, 9.17) is 31.7 Å². The predicted octanol–water partition coefficient (Wildman–Crippen LogP) is 20.2. The maximum absolute atomic E-state index is 13.0. The number of halogens is 1. The number of rotatable bonds is 17. The van der Waals surface area contributed by atoms with Crippen molar-refractivity contribution in [3.8, 4) is 39.1 Å². The van der Waals surface area contributed by atoms with Gasteiger partial charge in [0, 0.05) is 72.4 Å². The molecule has 0 radical (unpaired) electrons. The normalized spacial score (nSPS) is 19.1. The third kappa shape index (κ3) is 18.7. The fourth-order valence-corrected chi connectivity index (χ4v) is 16.8. The molecule has 3 heterocycles. The largest absolute Gasteiger partial charge is 0.495 e. The first-order valence-electron chi connectivity index (χ1n) is 37.7. The molecule has 107 heavy (non-hydrogen) atoms. The molecular weight excluding hydrogens is 1360 g/mol. The Morgan fingerprint density at radius 3 is 1.10 bits per heavy atom. The lowest BCUT2D eigenvalue weighted by Crippen LogP contribution is -2.33. The lowest BCUT2D eigenvalue weighted by Gasteiger charge is -2.28. The molecule has 0 aromatic heterocycles. The zero-order chi connectivity index (χ0) is 74.5. The lowest BCUT2D eigenvalue weighted by molar-refractivity contribution is -0.139. The van der Waals surface area contributed by atoms with Crippen molar-refractivity contribution in [1.82, 2.24) is 0 Å². The van der Waals surface area contributed by atoms with Crippen molar-refractivity contribution in [2.45, 2.75) is 140 Å². The van der Waals surface area contributed by atoms with Gasteiger partial charge < -0.3 is 41.1 Å². The molecular formula is C89H93ClN6O11. The zero-order valence-electron chi connectivity index (χ0n) is 60.4. The van der Waals surface area contributed by atoms with Crippen molar-refractivity contribution < 1.29 is 53.9 Å². The second-order valence-electron chi connectivity index (χ2n) is 29.4. The highest BCUT2D eigenvalue weighted by Gasteiger charge is 2.31. The van der Waals surface area contributed by atoms with Crippen molar-refractivity contribution in [3.05, 3.63) is 244 Å². The molecule has 0 spiro atoms. The minimum absolute atomic E-state index is 0.0195. The molecule has 9 aromatic rings. The van der Waals surface area contributed by atoms with Crippen molar-refractivity contribution in [1.29, 1.82) is 0 Å². The second kappa shape index (κ2) is 34.7. The molecule has 9 aromatic carbocycles. The number of nitrogens with zero attached hydrogens (tertiary/aromatic N) is 3. The number of methoxy groups -OCH3 is 1. The van der Waals surface area contributed by atoms with Gasteiger partial charge in [0.05, 0.1) is 19.4 Å². The van der Waals surface area contributed by atoms with Gasteiger partial charge in [0.25, 0.3) is 0 Å². The maximum Gasteiger partial charge on any atom is 0.326 e. The van der Waals surface area contributed by atoms with E-state index in [1.807, 2.05) is 54.6 Å². The van der Waals surface area contributed by atoms with Crippen LogP contribution in [0.1, 0.15) is 153 Å². The van der Waals surface area contributed by atoms with Crippen LogP contribution in [0, 0.1) is 17.8 Å². The third-order valence-corrected chi connectivity index (χ3v) is 22.8. The molecule has 6 amide bonds. The predicted molar refractivity (Wildman–Crippen MR) is 424 cm³/mol.